The predicted octanol–water partition coefficient (Wildman–Crippen LogP) is 2.12. The molecule has 0 atom stereocenters. The molecule has 2 N–H and O–H groups in total. The van der Waals surface area contributed by atoms with Crippen LogP contribution in [0.15, 0.2) is 43.9 Å². The summed E-state index contributed by atoms with van der Waals surface area (Å²) in [5.74, 6) is 0. The number of para-hydroxylation sites is 1. The van der Waals surface area contributed by atoms with E-state index in [1.54, 1.807) is 12.1 Å². The maximum Gasteiger partial charge on any atom is 0.260 e. The Balaban J connectivity index is 2.41. The number of sulfone groups is 1. The van der Waals surface area contributed by atoms with Gasteiger partial charge in [0.2, 0.25) is 0 Å². The molecule has 0 saturated heterocycles. The van der Waals surface area contributed by atoms with Crippen molar-refractivity contribution in [2.24, 2.45) is 0 Å². The fraction of sp³-hybridized carbons (Fsp3) is 0.182. The SMILES string of the molecule is Cc1coc(Sc2cccc(S(C)(=O)=O)c2N)n1. The minimum atomic E-state index is -3.33. The summed E-state index contributed by atoms with van der Waals surface area (Å²) in [6.07, 6.45) is 2.65. The molecule has 1 heterocycles. The molecule has 96 valence electrons. The number of rotatable bonds is 3. The van der Waals surface area contributed by atoms with Crippen LogP contribution in [-0.2, 0) is 9.84 Å². The molecule has 0 aliphatic rings. The van der Waals surface area contributed by atoms with Crippen LogP contribution >= 0.6 is 11.8 Å². The highest BCUT2D eigenvalue weighted by Gasteiger charge is 2.15. The quantitative estimate of drug-likeness (QED) is 0.869. The molecule has 18 heavy (non-hydrogen) atoms. The molecule has 2 rings (SSSR count). The van der Waals surface area contributed by atoms with Crippen molar-refractivity contribution in [3.8, 4) is 0 Å². The molecule has 0 saturated carbocycles. The van der Waals surface area contributed by atoms with E-state index < -0.39 is 9.84 Å². The van der Waals surface area contributed by atoms with Gasteiger partial charge in [0.25, 0.3) is 5.22 Å². The van der Waals surface area contributed by atoms with Crippen molar-refractivity contribution in [2.75, 3.05) is 12.0 Å². The maximum atomic E-state index is 11.5. The molecule has 2 aromatic rings. The fourth-order valence-corrected chi connectivity index (χ4v) is 3.15. The van der Waals surface area contributed by atoms with Crippen LogP contribution in [0.2, 0.25) is 0 Å². The second-order valence-electron chi connectivity index (χ2n) is 3.80. The third kappa shape index (κ3) is 2.68. The first-order chi connectivity index (χ1) is 8.38. The lowest BCUT2D eigenvalue weighted by atomic mass is 10.3. The molecule has 1 aromatic heterocycles. The van der Waals surface area contributed by atoms with E-state index in [0.717, 1.165) is 11.9 Å². The molecule has 0 spiro atoms. The Hall–Kier alpha value is -1.47. The monoisotopic (exact) mass is 284 g/mol. The lowest BCUT2D eigenvalue weighted by Gasteiger charge is -2.07. The summed E-state index contributed by atoms with van der Waals surface area (Å²) < 4.78 is 28.3. The molecule has 0 bridgehead atoms. The van der Waals surface area contributed by atoms with E-state index in [1.807, 2.05) is 6.92 Å². The summed E-state index contributed by atoms with van der Waals surface area (Å²) >= 11 is 1.20. The van der Waals surface area contributed by atoms with Gasteiger partial charge in [0.05, 0.1) is 16.3 Å². The lowest BCUT2D eigenvalue weighted by molar-refractivity contribution is 0.454. The van der Waals surface area contributed by atoms with Crippen molar-refractivity contribution in [1.29, 1.82) is 0 Å². The highest BCUT2D eigenvalue weighted by atomic mass is 32.2. The van der Waals surface area contributed by atoms with Gasteiger partial charge in [-0.3, -0.25) is 0 Å². The minimum Gasteiger partial charge on any atom is -0.439 e. The largest absolute Gasteiger partial charge is 0.439 e. The van der Waals surface area contributed by atoms with E-state index in [2.05, 4.69) is 4.98 Å². The van der Waals surface area contributed by atoms with Crippen molar-refractivity contribution in [2.45, 2.75) is 21.9 Å². The highest BCUT2D eigenvalue weighted by Crippen LogP contribution is 2.34. The number of hydrogen-bond acceptors (Lipinski definition) is 6. The van der Waals surface area contributed by atoms with Gasteiger partial charge in [-0.2, -0.15) is 0 Å². The Morgan fingerprint density at radius 1 is 1.39 bits per heavy atom. The van der Waals surface area contributed by atoms with Crippen molar-refractivity contribution in [3.05, 3.63) is 30.2 Å². The maximum absolute atomic E-state index is 11.5. The van der Waals surface area contributed by atoms with Crippen LogP contribution in [0.4, 0.5) is 5.69 Å². The number of oxazole rings is 1. The molecule has 0 aliphatic carbocycles. The number of nitrogen functional groups attached to an aromatic ring is 1. The number of nitrogens with two attached hydrogens (primary N) is 1. The molecule has 7 heteroatoms. The van der Waals surface area contributed by atoms with Crippen LogP contribution in [0.25, 0.3) is 0 Å². The van der Waals surface area contributed by atoms with Crippen LogP contribution in [0, 0.1) is 6.92 Å². The third-order valence-corrected chi connectivity index (χ3v) is 4.31. The van der Waals surface area contributed by atoms with Crippen molar-refractivity contribution < 1.29 is 12.8 Å². The zero-order chi connectivity index (χ0) is 13.3. The van der Waals surface area contributed by atoms with Crippen LogP contribution in [0.1, 0.15) is 5.69 Å². The Morgan fingerprint density at radius 2 is 2.11 bits per heavy atom. The average molecular weight is 284 g/mol. The molecule has 0 aliphatic heterocycles. The summed E-state index contributed by atoms with van der Waals surface area (Å²) in [7, 11) is -3.33. The first-order valence-electron chi connectivity index (χ1n) is 5.06. The predicted molar refractivity (Wildman–Crippen MR) is 69.3 cm³/mol. The average Bonchev–Trinajstić information content (AvgIpc) is 2.65. The van der Waals surface area contributed by atoms with Gasteiger partial charge in [-0.15, -0.1) is 0 Å². The number of benzene rings is 1. The van der Waals surface area contributed by atoms with Crippen LogP contribution < -0.4 is 5.73 Å². The lowest BCUT2D eigenvalue weighted by Crippen LogP contribution is -2.03. The fourth-order valence-electron chi connectivity index (χ4n) is 1.41. The Morgan fingerprint density at radius 3 is 2.67 bits per heavy atom. The second-order valence-corrected chi connectivity index (χ2v) is 6.77. The summed E-state index contributed by atoms with van der Waals surface area (Å²) in [5, 5.41) is 0.435. The summed E-state index contributed by atoms with van der Waals surface area (Å²) in [4.78, 5) is 4.86. The standard InChI is InChI=1S/C11H12N2O3S2/c1-7-6-16-11(13-7)17-8-4-3-5-9(10(8)12)18(2,14)15/h3-6H,12H2,1-2H3. The van der Waals surface area contributed by atoms with Gasteiger partial charge in [-0.05, 0) is 30.8 Å². The summed E-state index contributed by atoms with van der Waals surface area (Å²) in [6.45, 7) is 1.81. The normalized spacial score (nSPS) is 11.7. The first-order valence-corrected chi connectivity index (χ1v) is 7.77. The third-order valence-electron chi connectivity index (χ3n) is 2.22. The smallest absolute Gasteiger partial charge is 0.260 e. The second kappa shape index (κ2) is 4.66. The van der Waals surface area contributed by atoms with Gasteiger partial charge in [-0.25, -0.2) is 13.4 Å². The van der Waals surface area contributed by atoms with Gasteiger partial charge in [0, 0.05) is 11.2 Å². The molecule has 5 nitrogen and oxygen atoms in total. The van der Waals surface area contributed by atoms with Crippen molar-refractivity contribution >= 4 is 27.3 Å². The zero-order valence-electron chi connectivity index (χ0n) is 9.88. The molecule has 0 unspecified atom stereocenters. The summed E-state index contributed by atoms with van der Waals surface area (Å²) in [6, 6.07) is 4.86. The van der Waals surface area contributed by atoms with Gasteiger partial charge < -0.3 is 10.2 Å². The molecule has 0 radical (unpaired) electrons. The van der Waals surface area contributed by atoms with Crippen LogP contribution in [0.3, 0.4) is 0 Å². The Bertz CT molecular complexity index is 677. The van der Waals surface area contributed by atoms with E-state index in [1.165, 1.54) is 24.1 Å². The highest BCUT2D eigenvalue weighted by molar-refractivity contribution is 7.99. The first kappa shape index (κ1) is 13.0. The minimum absolute atomic E-state index is 0.121. The number of aromatic nitrogens is 1. The Kier molecular flexibility index (Phi) is 3.36. The van der Waals surface area contributed by atoms with Gasteiger partial charge in [0.1, 0.15) is 6.26 Å². The Labute approximate surface area is 109 Å². The van der Waals surface area contributed by atoms with Crippen LogP contribution in [0.5, 0.6) is 0 Å². The van der Waals surface area contributed by atoms with E-state index >= 15 is 0 Å². The van der Waals surface area contributed by atoms with Gasteiger partial charge in [0.15, 0.2) is 9.84 Å². The van der Waals surface area contributed by atoms with E-state index in [4.69, 9.17) is 10.2 Å². The number of anilines is 1. The topological polar surface area (TPSA) is 86.2 Å². The molecule has 1 aromatic carbocycles. The van der Waals surface area contributed by atoms with Crippen molar-refractivity contribution in [1.82, 2.24) is 4.98 Å². The summed E-state index contributed by atoms with van der Waals surface area (Å²) in [5.41, 5.74) is 6.84. The van der Waals surface area contributed by atoms with E-state index in [0.29, 0.717) is 10.1 Å². The molecule has 0 fully saturated rings. The van der Waals surface area contributed by atoms with Crippen molar-refractivity contribution in [3.63, 3.8) is 0 Å². The van der Waals surface area contributed by atoms with E-state index in [-0.39, 0.29) is 10.6 Å². The van der Waals surface area contributed by atoms with Gasteiger partial charge in [-0.1, -0.05) is 6.07 Å². The molecule has 0 amide bonds. The zero-order valence-corrected chi connectivity index (χ0v) is 11.5. The van der Waals surface area contributed by atoms with Gasteiger partial charge >= 0.3 is 0 Å². The molecular formula is C11H12N2O3S2. The number of aryl methyl sites for hydroxylation is 1. The van der Waals surface area contributed by atoms with E-state index in [9.17, 15) is 8.42 Å². The van der Waals surface area contributed by atoms with Crippen LogP contribution in [-0.4, -0.2) is 19.7 Å². The number of nitrogens with zero attached hydrogens (tertiary/aromatic N) is 1. The molecular weight excluding hydrogens is 272 g/mol. The number of hydrogen-bond donors (Lipinski definition) is 1.